The number of fused-ring (bicyclic) bond motifs is 1. The first-order valence-electron chi connectivity index (χ1n) is 7.47. The first-order valence-corrected chi connectivity index (χ1v) is 7.47. The van der Waals surface area contributed by atoms with Crippen molar-refractivity contribution in [1.29, 1.82) is 0 Å². The Morgan fingerprint density at radius 2 is 1.91 bits per heavy atom. The number of nitrogens with one attached hydrogen (secondary N) is 1. The lowest BCUT2D eigenvalue weighted by Gasteiger charge is -2.20. The van der Waals surface area contributed by atoms with Gasteiger partial charge in [-0.25, -0.2) is 9.50 Å². The Morgan fingerprint density at radius 3 is 2.61 bits per heavy atom. The van der Waals surface area contributed by atoms with Crippen LogP contribution in [0.15, 0.2) is 42.9 Å². The average molecular weight is 309 g/mol. The van der Waals surface area contributed by atoms with Gasteiger partial charge in [0.2, 0.25) is 0 Å². The van der Waals surface area contributed by atoms with Crippen LogP contribution in [0.4, 0.5) is 0 Å². The molecule has 118 valence electrons. The van der Waals surface area contributed by atoms with Crippen LogP contribution in [0.25, 0.3) is 5.65 Å². The molecule has 0 saturated heterocycles. The Labute approximate surface area is 134 Å². The summed E-state index contributed by atoms with van der Waals surface area (Å²) in [7, 11) is 0. The lowest BCUT2D eigenvalue weighted by atomic mass is 9.91. The molecular formula is C17H19N5O. The highest BCUT2D eigenvalue weighted by molar-refractivity contribution is 5.92. The number of carbonyl (C=O) groups excluding carboxylic acids is 1. The van der Waals surface area contributed by atoms with Crippen LogP contribution in [0.2, 0.25) is 0 Å². The quantitative estimate of drug-likeness (QED) is 0.806. The molecule has 3 aromatic rings. The Kier molecular flexibility index (Phi) is 3.82. The molecule has 1 N–H and O–H groups in total. The normalized spacial score (nSPS) is 11.6. The standard InChI is InChI=1S/C17H19N5O/c1-17(2,3)14-10-13(21-15-6-9-20-22(14)15)16(23)19-11-12-4-7-18-8-5-12/h4-10H,11H2,1-3H3,(H,19,23). The summed E-state index contributed by atoms with van der Waals surface area (Å²) in [4.78, 5) is 20.8. The van der Waals surface area contributed by atoms with Gasteiger partial charge in [-0.1, -0.05) is 20.8 Å². The molecule has 0 atom stereocenters. The van der Waals surface area contributed by atoms with Gasteiger partial charge in [0.05, 0.1) is 11.9 Å². The summed E-state index contributed by atoms with van der Waals surface area (Å²) in [5.41, 5.74) is 2.87. The molecule has 0 bridgehead atoms. The van der Waals surface area contributed by atoms with E-state index in [1.54, 1.807) is 29.2 Å². The van der Waals surface area contributed by atoms with Crippen LogP contribution in [0.1, 0.15) is 42.5 Å². The molecule has 6 heteroatoms. The van der Waals surface area contributed by atoms with Gasteiger partial charge in [-0.15, -0.1) is 0 Å². The third-order valence-electron chi connectivity index (χ3n) is 3.56. The van der Waals surface area contributed by atoms with E-state index in [0.29, 0.717) is 17.9 Å². The number of amides is 1. The largest absolute Gasteiger partial charge is 0.347 e. The molecule has 6 nitrogen and oxygen atoms in total. The second kappa shape index (κ2) is 5.79. The van der Waals surface area contributed by atoms with Crippen LogP contribution in [-0.2, 0) is 12.0 Å². The second-order valence-corrected chi connectivity index (χ2v) is 6.42. The molecule has 23 heavy (non-hydrogen) atoms. The van der Waals surface area contributed by atoms with Crippen molar-refractivity contribution in [3.05, 3.63) is 59.8 Å². The summed E-state index contributed by atoms with van der Waals surface area (Å²) in [6, 6.07) is 7.35. The van der Waals surface area contributed by atoms with E-state index in [-0.39, 0.29) is 11.3 Å². The lowest BCUT2D eigenvalue weighted by Crippen LogP contribution is -2.26. The van der Waals surface area contributed by atoms with Crippen LogP contribution < -0.4 is 5.32 Å². The number of nitrogens with zero attached hydrogens (tertiary/aromatic N) is 4. The number of rotatable bonds is 3. The first-order chi connectivity index (χ1) is 10.9. The molecule has 3 heterocycles. The molecular weight excluding hydrogens is 290 g/mol. The van der Waals surface area contributed by atoms with Crippen molar-refractivity contribution in [2.45, 2.75) is 32.7 Å². The van der Waals surface area contributed by atoms with E-state index in [1.807, 2.05) is 18.2 Å². The van der Waals surface area contributed by atoms with Gasteiger partial charge in [-0.05, 0) is 23.8 Å². The SMILES string of the molecule is CC(C)(C)c1cc(C(=O)NCc2ccncc2)nc2ccnn12. The monoisotopic (exact) mass is 309 g/mol. The predicted octanol–water partition coefficient (Wildman–Crippen LogP) is 2.35. The number of hydrogen-bond acceptors (Lipinski definition) is 4. The Morgan fingerprint density at radius 1 is 1.17 bits per heavy atom. The fourth-order valence-corrected chi connectivity index (χ4v) is 2.34. The van der Waals surface area contributed by atoms with Crippen molar-refractivity contribution >= 4 is 11.6 Å². The van der Waals surface area contributed by atoms with Gasteiger partial charge in [-0.2, -0.15) is 5.10 Å². The van der Waals surface area contributed by atoms with E-state index in [9.17, 15) is 4.79 Å². The number of hydrogen-bond donors (Lipinski definition) is 1. The van der Waals surface area contributed by atoms with Crippen molar-refractivity contribution in [1.82, 2.24) is 24.9 Å². The maximum atomic E-state index is 12.4. The Hall–Kier alpha value is -2.76. The van der Waals surface area contributed by atoms with Gasteiger partial charge in [0.25, 0.3) is 5.91 Å². The van der Waals surface area contributed by atoms with Crippen LogP contribution in [0, 0.1) is 0 Å². The topological polar surface area (TPSA) is 72.2 Å². The molecule has 0 aliphatic heterocycles. The van der Waals surface area contributed by atoms with E-state index >= 15 is 0 Å². The van der Waals surface area contributed by atoms with Gasteiger partial charge in [0.1, 0.15) is 5.69 Å². The minimum Gasteiger partial charge on any atom is -0.347 e. The number of pyridine rings is 1. The fourth-order valence-electron chi connectivity index (χ4n) is 2.34. The average Bonchev–Trinajstić information content (AvgIpc) is 3.00. The Bertz CT molecular complexity index is 833. The fraction of sp³-hybridized carbons (Fsp3) is 0.294. The number of aromatic nitrogens is 4. The maximum absolute atomic E-state index is 12.4. The zero-order valence-electron chi connectivity index (χ0n) is 13.4. The highest BCUT2D eigenvalue weighted by Gasteiger charge is 2.21. The van der Waals surface area contributed by atoms with Crippen LogP contribution in [-0.4, -0.2) is 25.5 Å². The molecule has 0 fully saturated rings. The summed E-state index contributed by atoms with van der Waals surface area (Å²) in [6.07, 6.45) is 5.10. The van der Waals surface area contributed by atoms with Crippen molar-refractivity contribution in [2.75, 3.05) is 0 Å². The van der Waals surface area contributed by atoms with E-state index in [1.165, 1.54) is 0 Å². The van der Waals surface area contributed by atoms with E-state index in [2.05, 4.69) is 41.2 Å². The van der Waals surface area contributed by atoms with Crippen LogP contribution in [0.5, 0.6) is 0 Å². The van der Waals surface area contributed by atoms with Gasteiger partial charge >= 0.3 is 0 Å². The maximum Gasteiger partial charge on any atom is 0.270 e. The molecule has 0 spiro atoms. The molecule has 3 aromatic heterocycles. The van der Waals surface area contributed by atoms with Crippen LogP contribution >= 0.6 is 0 Å². The highest BCUT2D eigenvalue weighted by atomic mass is 16.1. The molecule has 0 aliphatic rings. The molecule has 0 saturated carbocycles. The zero-order chi connectivity index (χ0) is 16.4. The van der Waals surface area contributed by atoms with Crippen molar-refractivity contribution in [3.8, 4) is 0 Å². The molecule has 0 aromatic carbocycles. The van der Waals surface area contributed by atoms with Crippen LogP contribution in [0.3, 0.4) is 0 Å². The predicted molar refractivity (Wildman–Crippen MR) is 87.1 cm³/mol. The summed E-state index contributed by atoms with van der Waals surface area (Å²) < 4.78 is 1.78. The summed E-state index contributed by atoms with van der Waals surface area (Å²) >= 11 is 0. The molecule has 0 radical (unpaired) electrons. The third-order valence-corrected chi connectivity index (χ3v) is 3.56. The first kappa shape index (κ1) is 15.1. The third kappa shape index (κ3) is 3.21. The van der Waals surface area contributed by atoms with E-state index in [0.717, 1.165) is 11.3 Å². The molecule has 3 rings (SSSR count). The van der Waals surface area contributed by atoms with Crippen molar-refractivity contribution in [3.63, 3.8) is 0 Å². The smallest absolute Gasteiger partial charge is 0.270 e. The summed E-state index contributed by atoms with van der Waals surface area (Å²) in [5, 5.41) is 7.19. The van der Waals surface area contributed by atoms with Gasteiger partial charge < -0.3 is 5.32 Å². The molecule has 0 unspecified atom stereocenters. The van der Waals surface area contributed by atoms with Gasteiger partial charge in [0, 0.05) is 30.4 Å². The lowest BCUT2D eigenvalue weighted by molar-refractivity contribution is 0.0946. The minimum atomic E-state index is -0.198. The second-order valence-electron chi connectivity index (χ2n) is 6.42. The van der Waals surface area contributed by atoms with Gasteiger partial charge in [0.15, 0.2) is 5.65 Å². The van der Waals surface area contributed by atoms with E-state index in [4.69, 9.17) is 0 Å². The van der Waals surface area contributed by atoms with Gasteiger partial charge in [-0.3, -0.25) is 9.78 Å². The zero-order valence-corrected chi connectivity index (χ0v) is 13.4. The summed E-state index contributed by atoms with van der Waals surface area (Å²) in [5.74, 6) is -0.198. The molecule has 1 amide bonds. The Balaban J connectivity index is 1.88. The van der Waals surface area contributed by atoms with Crippen molar-refractivity contribution in [2.24, 2.45) is 0 Å². The molecule has 0 aliphatic carbocycles. The number of carbonyl (C=O) groups is 1. The minimum absolute atomic E-state index is 0.145. The summed E-state index contributed by atoms with van der Waals surface area (Å²) in [6.45, 7) is 6.70. The highest BCUT2D eigenvalue weighted by Crippen LogP contribution is 2.23. The van der Waals surface area contributed by atoms with Crippen molar-refractivity contribution < 1.29 is 4.79 Å². The van der Waals surface area contributed by atoms with E-state index < -0.39 is 0 Å².